The predicted molar refractivity (Wildman–Crippen MR) is 96.2 cm³/mol. The Morgan fingerprint density at radius 2 is 1.90 bits per heavy atom. The van der Waals surface area contributed by atoms with Gasteiger partial charge in [0, 0.05) is 37.2 Å². The summed E-state index contributed by atoms with van der Waals surface area (Å²) < 4.78 is 0. The molecule has 2 rings (SSSR count). The van der Waals surface area contributed by atoms with Gasteiger partial charge in [0.05, 0.1) is 0 Å². The zero-order chi connectivity index (χ0) is 15.1. The second-order valence-electron chi connectivity index (χ2n) is 7.83. The van der Waals surface area contributed by atoms with Crippen molar-refractivity contribution in [1.29, 1.82) is 0 Å². The molecule has 0 aromatic heterocycles. The molecule has 1 N–H and O–H groups in total. The third kappa shape index (κ3) is 5.76. The first-order chi connectivity index (χ1) is 10.1. The zero-order valence-corrected chi connectivity index (χ0v) is 15.3. The highest BCUT2D eigenvalue weighted by molar-refractivity contribution is 7.99. The lowest BCUT2D eigenvalue weighted by Crippen LogP contribution is -2.50. The maximum atomic E-state index is 3.80. The molecule has 2 fully saturated rings. The van der Waals surface area contributed by atoms with E-state index in [1.54, 1.807) is 0 Å². The molecule has 3 heteroatoms. The van der Waals surface area contributed by atoms with Crippen molar-refractivity contribution in [2.24, 2.45) is 11.3 Å². The van der Waals surface area contributed by atoms with E-state index < -0.39 is 0 Å². The Labute approximate surface area is 136 Å². The van der Waals surface area contributed by atoms with Crippen molar-refractivity contribution in [3.63, 3.8) is 0 Å². The Kier molecular flexibility index (Phi) is 7.37. The molecule has 1 saturated heterocycles. The van der Waals surface area contributed by atoms with Crippen molar-refractivity contribution in [3.05, 3.63) is 0 Å². The highest BCUT2D eigenvalue weighted by Gasteiger charge is 2.34. The molecule has 1 aliphatic heterocycles. The Hall–Kier alpha value is 0.270. The summed E-state index contributed by atoms with van der Waals surface area (Å²) in [6.45, 7) is 12.1. The van der Waals surface area contributed by atoms with Crippen LogP contribution in [0, 0.1) is 11.3 Å². The van der Waals surface area contributed by atoms with Crippen molar-refractivity contribution in [3.8, 4) is 0 Å². The molecular formula is C18H36N2S. The van der Waals surface area contributed by atoms with Crippen molar-refractivity contribution in [2.75, 3.05) is 37.7 Å². The number of nitrogens with one attached hydrogen (secondary N) is 1. The minimum absolute atomic E-state index is 0.543. The standard InChI is InChI=1S/C18H36N2S/c1-16(2)12-19-14-18(8-6-4-5-7-9-18)15-20-10-11-21-13-17(20)3/h16-17,19H,4-15H2,1-3H3. The topological polar surface area (TPSA) is 15.3 Å². The molecule has 0 radical (unpaired) electrons. The van der Waals surface area contributed by atoms with Gasteiger partial charge in [0.1, 0.15) is 0 Å². The van der Waals surface area contributed by atoms with Crippen LogP contribution in [0.3, 0.4) is 0 Å². The lowest BCUT2D eigenvalue weighted by Gasteiger charge is -2.42. The van der Waals surface area contributed by atoms with Crippen LogP contribution in [0.1, 0.15) is 59.3 Å². The first-order valence-electron chi connectivity index (χ1n) is 9.14. The molecule has 2 nitrogen and oxygen atoms in total. The molecule has 124 valence electrons. The highest BCUT2D eigenvalue weighted by Crippen LogP contribution is 2.36. The summed E-state index contributed by atoms with van der Waals surface area (Å²) in [6.07, 6.45) is 8.68. The lowest BCUT2D eigenvalue weighted by atomic mass is 9.79. The average molecular weight is 313 g/mol. The van der Waals surface area contributed by atoms with E-state index in [1.165, 1.54) is 76.2 Å². The van der Waals surface area contributed by atoms with Crippen LogP contribution >= 0.6 is 11.8 Å². The predicted octanol–water partition coefficient (Wildman–Crippen LogP) is 4.01. The third-order valence-corrected chi connectivity index (χ3v) is 6.45. The zero-order valence-electron chi connectivity index (χ0n) is 14.5. The number of rotatable bonds is 6. The second-order valence-corrected chi connectivity index (χ2v) is 8.98. The normalized spacial score (nSPS) is 27.7. The van der Waals surface area contributed by atoms with E-state index >= 15 is 0 Å². The number of thioether (sulfide) groups is 1. The average Bonchev–Trinajstić information content (AvgIpc) is 2.67. The maximum Gasteiger partial charge on any atom is 0.0158 e. The summed E-state index contributed by atoms with van der Waals surface area (Å²) in [6, 6.07) is 0.772. The number of nitrogens with zero attached hydrogens (tertiary/aromatic N) is 1. The van der Waals surface area contributed by atoms with Gasteiger partial charge in [-0.1, -0.05) is 39.5 Å². The molecule has 0 amide bonds. The molecule has 1 atom stereocenters. The summed E-state index contributed by atoms with van der Waals surface area (Å²) >= 11 is 2.14. The molecule has 1 aliphatic carbocycles. The monoisotopic (exact) mass is 312 g/mol. The lowest BCUT2D eigenvalue weighted by molar-refractivity contribution is 0.107. The Bertz CT molecular complexity index is 285. The SMILES string of the molecule is CC(C)CNCC1(CN2CCSCC2C)CCCCCC1. The van der Waals surface area contributed by atoms with Gasteiger partial charge in [-0.05, 0) is 37.6 Å². The Morgan fingerprint density at radius 3 is 2.52 bits per heavy atom. The third-order valence-electron chi connectivity index (χ3n) is 5.26. The van der Waals surface area contributed by atoms with E-state index in [4.69, 9.17) is 0 Å². The van der Waals surface area contributed by atoms with Gasteiger partial charge in [0.2, 0.25) is 0 Å². The fourth-order valence-electron chi connectivity index (χ4n) is 3.92. The smallest absolute Gasteiger partial charge is 0.0158 e. The molecular weight excluding hydrogens is 276 g/mol. The van der Waals surface area contributed by atoms with Crippen molar-refractivity contribution in [2.45, 2.75) is 65.3 Å². The van der Waals surface area contributed by atoms with Crippen LogP contribution in [0.15, 0.2) is 0 Å². The summed E-state index contributed by atoms with van der Waals surface area (Å²) in [5, 5.41) is 3.80. The van der Waals surface area contributed by atoms with E-state index in [1.807, 2.05) is 0 Å². The fourth-order valence-corrected chi connectivity index (χ4v) is 5.00. The van der Waals surface area contributed by atoms with Gasteiger partial charge in [-0.2, -0.15) is 11.8 Å². The second kappa shape index (κ2) is 8.79. The molecule has 0 bridgehead atoms. The molecule has 21 heavy (non-hydrogen) atoms. The van der Waals surface area contributed by atoms with Crippen molar-refractivity contribution >= 4 is 11.8 Å². The molecule has 2 aliphatic rings. The van der Waals surface area contributed by atoms with Gasteiger partial charge >= 0.3 is 0 Å². The Balaban J connectivity index is 1.96. The fraction of sp³-hybridized carbons (Fsp3) is 1.00. The van der Waals surface area contributed by atoms with Crippen LogP contribution in [0.5, 0.6) is 0 Å². The number of hydrogen-bond donors (Lipinski definition) is 1. The van der Waals surface area contributed by atoms with Gasteiger partial charge < -0.3 is 5.32 Å². The maximum absolute atomic E-state index is 3.80. The summed E-state index contributed by atoms with van der Waals surface area (Å²) in [4.78, 5) is 2.79. The molecule has 1 heterocycles. The van der Waals surface area contributed by atoms with Crippen LogP contribution in [0.2, 0.25) is 0 Å². The van der Waals surface area contributed by atoms with Crippen molar-refractivity contribution in [1.82, 2.24) is 10.2 Å². The first-order valence-corrected chi connectivity index (χ1v) is 10.3. The van der Waals surface area contributed by atoms with Gasteiger partial charge in [-0.15, -0.1) is 0 Å². The molecule has 1 saturated carbocycles. The van der Waals surface area contributed by atoms with Gasteiger partial charge in [0.15, 0.2) is 0 Å². The minimum Gasteiger partial charge on any atom is -0.316 e. The van der Waals surface area contributed by atoms with Crippen molar-refractivity contribution < 1.29 is 0 Å². The van der Waals surface area contributed by atoms with Gasteiger partial charge in [0.25, 0.3) is 0 Å². The summed E-state index contributed by atoms with van der Waals surface area (Å²) in [5.74, 6) is 3.42. The number of hydrogen-bond acceptors (Lipinski definition) is 3. The van der Waals surface area contributed by atoms with Gasteiger partial charge in [-0.3, -0.25) is 4.90 Å². The first kappa shape index (κ1) is 17.6. The van der Waals surface area contributed by atoms with Crippen LogP contribution in [-0.2, 0) is 0 Å². The van der Waals surface area contributed by atoms with E-state index in [-0.39, 0.29) is 0 Å². The van der Waals surface area contributed by atoms with E-state index in [9.17, 15) is 0 Å². The molecule has 1 unspecified atom stereocenters. The summed E-state index contributed by atoms with van der Waals surface area (Å²) in [7, 11) is 0. The van der Waals surface area contributed by atoms with Crippen LogP contribution < -0.4 is 5.32 Å². The van der Waals surface area contributed by atoms with Crippen LogP contribution in [-0.4, -0.2) is 48.6 Å². The summed E-state index contributed by atoms with van der Waals surface area (Å²) in [5.41, 5.74) is 0.543. The van der Waals surface area contributed by atoms with Crippen LogP contribution in [0.25, 0.3) is 0 Å². The van der Waals surface area contributed by atoms with Crippen LogP contribution in [0.4, 0.5) is 0 Å². The highest BCUT2D eigenvalue weighted by atomic mass is 32.2. The Morgan fingerprint density at radius 1 is 1.19 bits per heavy atom. The largest absolute Gasteiger partial charge is 0.316 e. The van der Waals surface area contributed by atoms with Gasteiger partial charge in [-0.25, -0.2) is 0 Å². The quantitative estimate of drug-likeness (QED) is 0.746. The molecule has 0 aromatic rings. The molecule has 0 aromatic carbocycles. The van der Waals surface area contributed by atoms with E-state index in [0.717, 1.165) is 12.0 Å². The minimum atomic E-state index is 0.543. The molecule has 0 spiro atoms. The van der Waals surface area contributed by atoms with E-state index in [2.05, 4.69) is 42.7 Å². The van der Waals surface area contributed by atoms with E-state index in [0.29, 0.717) is 5.41 Å².